The minimum Gasteiger partial charge on any atom is -0.480 e. The molecule has 2 aliphatic rings. The number of nitrogens with zero attached hydrogens (tertiary/aromatic N) is 3. The number of piperidine rings is 2. The van der Waals surface area contributed by atoms with Crippen LogP contribution in [0.4, 0.5) is 0 Å². The molecule has 8 nitrogen and oxygen atoms in total. The maximum absolute atomic E-state index is 12.7. The molecule has 0 bridgehead atoms. The number of hydrogen-bond donors (Lipinski definition) is 2. The number of likely N-dealkylation sites (tertiary alicyclic amines) is 1. The highest BCUT2D eigenvalue weighted by atomic mass is 32.2. The zero-order chi connectivity index (χ0) is 22.0. The zero-order valence-electron chi connectivity index (χ0n) is 18.0. The molecule has 31 heavy (non-hydrogen) atoms. The Bertz CT molecular complexity index is 1020. The van der Waals surface area contributed by atoms with Crippen LogP contribution in [0.5, 0.6) is 0 Å². The number of carboxylic acids is 1. The zero-order valence-corrected chi connectivity index (χ0v) is 18.9. The van der Waals surface area contributed by atoms with Crippen LogP contribution in [0.3, 0.4) is 0 Å². The second-order valence-corrected chi connectivity index (χ2v) is 11.2. The first-order valence-corrected chi connectivity index (χ1v) is 13.1. The van der Waals surface area contributed by atoms with E-state index in [9.17, 15) is 13.2 Å². The Labute approximate surface area is 183 Å². The van der Waals surface area contributed by atoms with Gasteiger partial charge in [0.25, 0.3) is 0 Å². The van der Waals surface area contributed by atoms with Crippen molar-refractivity contribution in [2.24, 2.45) is 5.92 Å². The van der Waals surface area contributed by atoms with Gasteiger partial charge in [0.15, 0.2) is 9.84 Å². The number of para-hydroxylation sites is 1. The van der Waals surface area contributed by atoms with Crippen LogP contribution >= 0.6 is 0 Å². The van der Waals surface area contributed by atoms with Gasteiger partial charge >= 0.3 is 5.97 Å². The second-order valence-electron chi connectivity index (χ2n) is 8.97. The lowest BCUT2D eigenvalue weighted by Gasteiger charge is -2.31. The fourth-order valence-corrected chi connectivity index (χ4v) is 6.60. The van der Waals surface area contributed by atoms with Crippen molar-refractivity contribution in [3.05, 3.63) is 30.0 Å². The summed E-state index contributed by atoms with van der Waals surface area (Å²) in [6.45, 7) is 3.24. The minimum atomic E-state index is -3.21. The molecule has 1 aromatic heterocycles. The van der Waals surface area contributed by atoms with Crippen LogP contribution in [0.25, 0.3) is 10.9 Å². The lowest BCUT2D eigenvalue weighted by atomic mass is 9.91. The third kappa shape index (κ3) is 5.10. The molecule has 0 saturated carbocycles. The van der Waals surface area contributed by atoms with Gasteiger partial charge in [0.2, 0.25) is 0 Å². The largest absolute Gasteiger partial charge is 0.480 e. The molecule has 2 N–H and O–H groups in total. The third-order valence-electron chi connectivity index (χ3n) is 6.81. The van der Waals surface area contributed by atoms with Crippen LogP contribution in [0, 0.1) is 5.92 Å². The van der Waals surface area contributed by atoms with Crippen molar-refractivity contribution in [2.45, 2.75) is 43.4 Å². The Balaban J connectivity index is 1.60. The topological polar surface area (TPSA) is 105 Å². The van der Waals surface area contributed by atoms with Gasteiger partial charge in [-0.15, -0.1) is 0 Å². The molecule has 2 fully saturated rings. The third-order valence-corrected chi connectivity index (χ3v) is 8.46. The molecule has 1 aromatic carbocycles. The van der Waals surface area contributed by atoms with Gasteiger partial charge in [-0.1, -0.05) is 18.2 Å². The number of hydrogen-bond acceptors (Lipinski definition) is 6. The molecule has 0 radical (unpaired) electrons. The van der Waals surface area contributed by atoms with Gasteiger partial charge < -0.3 is 10.4 Å². The summed E-state index contributed by atoms with van der Waals surface area (Å²) in [7, 11) is -3.21. The van der Waals surface area contributed by atoms with E-state index in [1.165, 1.54) is 6.26 Å². The standard InChI is InChI=1S/C22H32N4O4S/c1-31(29,30)21(16-6-10-23-11-7-16)14-19-18-4-2-3-5-20(18)26(24-19)17-8-12-25(13-9-17)15-22(27)28/h2-5,16-17,21,23H,6-15H2,1H3,(H,27,28). The highest BCUT2D eigenvalue weighted by Crippen LogP contribution is 2.31. The van der Waals surface area contributed by atoms with Crippen molar-refractivity contribution in [3.8, 4) is 0 Å². The summed E-state index contributed by atoms with van der Waals surface area (Å²) in [5.41, 5.74) is 1.89. The first-order chi connectivity index (χ1) is 14.8. The predicted molar refractivity (Wildman–Crippen MR) is 120 cm³/mol. The maximum Gasteiger partial charge on any atom is 0.317 e. The number of carboxylic acid groups (broad SMARTS) is 1. The molecule has 170 valence electrons. The average Bonchev–Trinajstić information content (AvgIpc) is 3.11. The van der Waals surface area contributed by atoms with Crippen LogP contribution in [0.15, 0.2) is 24.3 Å². The van der Waals surface area contributed by atoms with Crippen LogP contribution in [-0.4, -0.2) is 78.4 Å². The number of aliphatic carboxylic acids is 1. The summed E-state index contributed by atoms with van der Waals surface area (Å²) in [5, 5.41) is 17.9. The normalized spacial score (nSPS) is 20.8. The highest BCUT2D eigenvalue weighted by molar-refractivity contribution is 7.91. The molecule has 2 aliphatic heterocycles. The van der Waals surface area contributed by atoms with Crippen molar-refractivity contribution in [2.75, 3.05) is 39.0 Å². The van der Waals surface area contributed by atoms with E-state index in [0.717, 1.165) is 68.5 Å². The molecule has 2 saturated heterocycles. The summed E-state index contributed by atoms with van der Waals surface area (Å²) >= 11 is 0. The van der Waals surface area contributed by atoms with Gasteiger partial charge in [-0.2, -0.15) is 5.10 Å². The lowest BCUT2D eigenvalue weighted by molar-refractivity contribution is -0.138. The number of benzene rings is 1. The van der Waals surface area contributed by atoms with Gasteiger partial charge in [-0.25, -0.2) is 8.42 Å². The summed E-state index contributed by atoms with van der Waals surface area (Å²) < 4.78 is 27.5. The predicted octanol–water partition coefficient (Wildman–Crippen LogP) is 1.71. The molecule has 2 aromatic rings. The molecule has 1 unspecified atom stereocenters. The molecule has 4 rings (SSSR count). The SMILES string of the molecule is CS(=O)(=O)C(Cc1nn(C2CCN(CC(=O)O)CC2)c2ccccc12)C1CCNCC1. The van der Waals surface area contributed by atoms with Gasteiger partial charge in [0.1, 0.15) is 0 Å². The van der Waals surface area contributed by atoms with Gasteiger partial charge in [0, 0.05) is 31.2 Å². The van der Waals surface area contributed by atoms with Crippen molar-refractivity contribution in [3.63, 3.8) is 0 Å². The lowest BCUT2D eigenvalue weighted by Crippen LogP contribution is -2.39. The first-order valence-electron chi connectivity index (χ1n) is 11.1. The quantitative estimate of drug-likeness (QED) is 0.664. The van der Waals surface area contributed by atoms with Crippen molar-refractivity contribution >= 4 is 26.7 Å². The summed E-state index contributed by atoms with van der Waals surface area (Å²) in [6.07, 6.45) is 5.22. The van der Waals surface area contributed by atoms with Gasteiger partial charge in [0.05, 0.1) is 29.0 Å². The van der Waals surface area contributed by atoms with E-state index in [0.29, 0.717) is 6.42 Å². The van der Waals surface area contributed by atoms with Crippen molar-refractivity contribution in [1.82, 2.24) is 20.0 Å². The molecule has 3 heterocycles. The van der Waals surface area contributed by atoms with E-state index < -0.39 is 21.1 Å². The Morgan fingerprint density at radius 2 is 1.87 bits per heavy atom. The van der Waals surface area contributed by atoms with E-state index in [4.69, 9.17) is 10.2 Å². The Hall–Kier alpha value is -1.97. The van der Waals surface area contributed by atoms with E-state index in [1.807, 2.05) is 23.1 Å². The Morgan fingerprint density at radius 1 is 1.19 bits per heavy atom. The Morgan fingerprint density at radius 3 is 2.52 bits per heavy atom. The van der Waals surface area contributed by atoms with Gasteiger partial charge in [-0.3, -0.25) is 14.4 Å². The van der Waals surface area contributed by atoms with Crippen LogP contribution < -0.4 is 5.32 Å². The molecular weight excluding hydrogens is 416 g/mol. The molecule has 1 atom stereocenters. The second kappa shape index (κ2) is 9.26. The molecule has 0 amide bonds. The summed E-state index contributed by atoms with van der Waals surface area (Å²) in [6, 6.07) is 8.25. The van der Waals surface area contributed by atoms with E-state index in [2.05, 4.69) is 16.1 Å². The van der Waals surface area contributed by atoms with Crippen LogP contribution in [-0.2, 0) is 21.1 Å². The minimum absolute atomic E-state index is 0.0735. The number of aromatic nitrogens is 2. The molecular formula is C22H32N4O4S. The number of nitrogens with one attached hydrogen (secondary N) is 1. The van der Waals surface area contributed by atoms with E-state index in [1.54, 1.807) is 0 Å². The fourth-order valence-electron chi connectivity index (χ4n) is 5.17. The fraction of sp³-hybridized carbons (Fsp3) is 0.636. The maximum atomic E-state index is 12.7. The number of fused-ring (bicyclic) bond motifs is 1. The van der Waals surface area contributed by atoms with E-state index in [-0.39, 0.29) is 18.5 Å². The average molecular weight is 449 g/mol. The first kappa shape index (κ1) is 22.2. The number of rotatable bonds is 7. The molecule has 0 spiro atoms. The van der Waals surface area contributed by atoms with Gasteiger partial charge in [-0.05, 0) is 50.8 Å². The molecule has 9 heteroatoms. The number of sulfone groups is 1. The van der Waals surface area contributed by atoms with Crippen LogP contribution in [0.2, 0.25) is 0 Å². The van der Waals surface area contributed by atoms with Crippen LogP contribution in [0.1, 0.15) is 37.4 Å². The van der Waals surface area contributed by atoms with Crippen molar-refractivity contribution in [1.29, 1.82) is 0 Å². The highest BCUT2D eigenvalue weighted by Gasteiger charge is 2.33. The van der Waals surface area contributed by atoms with Crippen molar-refractivity contribution < 1.29 is 18.3 Å². The summed E-state index contributed by atoms with van der Waals surface area (Å²) in [4.78, 5) is 13.0. The molecule has 0 aliphatic carbocycles. The number of carbonyl (C=O) groups is 1. The Kier molecular flexibility index (Phi) is 6.64. The monoisotopic (exact) mass is 448 g/mol. The van der Waals surface area contributed by atoms with E-state index >= 15 is 0 Å². The smallest absolute Gasteiger partial charge is 0.317 e. The summed E-state index contributed by atoms with van der Waals surface area (Å²) in [5.74, 6) is -0.644.